The zero-order valence-corrected chi connectivity index (χ0v) is 19.3. The zero-order valence-electron chi connectivity index (χ0n) is 18.5. The fraction of sp³-hybridized carbons (Fsp3) is 0.280. The summed E-state index contributed by atoms with van der Waals surface area (Å²) in [5.41, 5.74) is 3.35. The van der Waals surface area contributed by atoms with Gasteiger partial charge < -0.3 is 19.5 Å². The van der Waals surface area contributed by atoms with Gasteiger partial charge in [0.1, 0.15) is 5.75 Å². The number of hydrogen-bond acceptors (Lipinski definition) is 6. The van der Waals surface area contributed by atoms with Crippen LogP contribution in [0, 0.1) is 0 Å². The van der Waals surface area contributed by atoms with Crippen molar-refractivity contribution in [3.63, 3.8) is 0 Å². The Labute approximate surface area is 192 Å². The van der Waals surface area contributed by atoms with E-state index in [0.29, 0.717) is 33.3 Å². The van der Waals surface area contributed by atoms with Crippen LogP contribution in [0.15, 0.2) is 71.1 Å². The number of rotatable bonds is 6. The van der Waals surface area contributed by atoms with Crippen LogP contribution in [0.4, 0.5) is 5.69 Å². The number of halogens is 1. The van der Waals surface area contributed by atoms with Crippen molar-refractivity contribution in [3.05, 3.63) is 81.7 Å². The molecule has 6 nitrogen and oxygen atoms in total. The summed E-state index contributed by atoms with van der Waals surface area (Å²) >= 11 is 6.09. The van der Waals surface area contributed by atoms with E-state index in [4.69, 9.17) is 21.1 Å². The number of carbonyl (C=O) groups excluding carboxylic acids is 2. The number of anilines is 1. The van der Waals surface area contributed by atoms with Crippen LogP contribution in [0.5, 0.6) is 5.75 Å². The molecule has 32 heavy (non-hydrogen) atoms. The number of esters is 2. The second kappa shape index (κ2) is 9.92. The summed E-state index contributed by atoms with van der Waals surface area (Å²) in [6.07, 6.45) is 0. The molecule has 0 fully saturated rings. The molecule has 7 heteroatoms. The van der Waals surface area contributed by atoms with Crippen molar-refractivity contribution >= 4 is 29.2 Å². The Morgan fingerprint density at radius 2 is 1.34 bits per heavy atom. The molecular weight excluding hydrogens is 430 g/mol. The van der Waals surface area contributed by atoms with E-state index in [-0.39, 0.29) is 19.0 Å². The molecule has 0 unspecified atom stereocenters. The SMILES string of the molecule is CCOC(=O)C1=C(C)N(c2ccc(O)cc2)C(C)=C(C(=O)OCC)C1c1ccc(Cl)cc1. The number of phenols is 1. The van der Waals surface area contributed by atoms with E-state index in [0.717, 1.165) is 5.56 Å². The van der Waals surface area contributed by atoms with Crippen LogP contribution < -0.4 is 4.90 Å². The van der Waals surface area contributed by atoms with Crippen molar-refractivity contribution < 1.29 is 24.2 Å². The first-order valence-corrected chi connectivity index (χ1v) is 10.8. The first-order valence-electron chi connectivity index (χ1n) is 10.4. The van der Waals surface area contributed by atoms with Crippen molar-refractivity contribution in [2.24, 2.45) is 0 Å². The lowest BCUT2D eigenvalue weighted by atomic mass is 9.79. The standard InChI is InChI=1S/C25H26ClNO5/c1-5-31-24(29)21-15(3)27(19-11-13-20(28)14-12-19)16(4)22(25(30)32-6-2)23(21)17-7-9-18(26)10-8-17/h7-14,23,28H,5-6H2,1-4H3. The third-order valence-corrected chi connectivity index (χ3v) is 5.58. The van der Waals surface area contributed by atoms with E-state index in [1.807, 2.05) is 18.7 Å². The molecule has 0 saturated carbocycles. The highest BCUT2D eigenvalue weighted by Gasteiger charge is 2.41. The van der Waals surface area contributed by atoms with E-state index in [1.54, 1.807) is 62.4 Å². The molecule has 3 rings (SSSR count). The number of aromatic hydroxyl groups is 1. The van der Waals surface area contributed by atoms with Gasteiger partial charge in [-0.1, -0.05) is 23.7 Å². The Hall–Kier alpha value is -3.25. The predicted molar refractivity (Wildman–Crippen MR) is 123 cm³/mol. The van der Waals surface area contributed by atoms with Crippen LogP contribution in [-0.2, 0) is 19.1 Å². The fourth-order valence-electron chi connectivity index (χ4n) is 3.98. The van der Waals surface area contributed by atoms with Gasteiger partial charge in [-0.15, -0.1) is 0 Å². The molecule has 1 aliphatic heterocycles. The minimum absolute atomic E-state index is 0.115. The van der Waals surface area contributed by atoms with E-state index < -0.39 is 17.9 Å². The Balaban J connectivity index is 2.30. The van der Waals surface area contributed by atoms with Crippen molar-refractivity contribution in [2.75, 3.05) is 18.1 Å². The van der Waals surface area contributed by atoms with Crippen molar-refractivity contribution in [3.8, 4) is 5.75 Å². The number of benzene rings is 2. The molecule has 2 aromatic carbocycles. The van der Waals surface area contributed by atoms with Gasteiger partial charge in [-0.25, -0.2) is 9.59 Å². The smallest absolute Gasteiger partial charge is 0.336 e. The first kappa shape index (κ1) is 23.4. The minimum atomic E-state index is -0.682. The highest BCUT2D eigenvalue weighted by atomic mass is 35.5. The Kier molecular flexibility index (Phi) is 7.26. The quantitative estimate of drug-likeness (QED) is 0.594. The van der Waals surface area contributed by atoms with Crippen molar-refractivity contribution in [1.29, 1.82) is 0 Å². The van der Waals surface area contributed by atoms with E-state index in [2.05, 4.69) is 0 Å². The molecule has 1 N–H and O–H groups in total. The number of ether oxygens (including phenoxy) is 2. The molecule has 0 spiro atoms. The average molecular weight is 456 g/mol. The lowest BCUT2D eigenvalue weighted by molar-refractivity contribution is -0.139. The summed E-state index contributed by atoms with van der Waals surface area (Å²) in [5, 5.41) is 10.3. The first-order chi connectivity index (χ1) is 15.3. The van der Waals surface area contributed by atoms with E-state index >= 15 is 0 Å². The van der Waals surface area contributed by atoms with Gasteiger partial charge in [0.15, 0.2) is 0 Å². The van der Waals surface area contributed by atoms with Gasteiger partial charge in [-0.2, -0.15) is 0 Å². The maximum atomic E-state index is 13.2. The lowest BCUT2D eigenvalue weighted by Crippen LogP contribution is -2.35. The second-order valence-corrected chi connectivity index (χ2v) is 7.71. The maximum absolute atomic E-state index is 13.2. The average Bonchev–Trinajstić information content (AvgIpc) is 2.75. The van der Waals surface area contributed by atoms with Crippen LogP contribution in [0.25, 0.3) is 0 Å². The van der Waals surface area contributed by atoms with Gasteiger partial charge in [-0.3, -0.25) is 0 Å². The highest BCUT2D eigenvalue weighted by Crippen LogP contribution is 2.44. The second-order valence-electron chi connectivity index (χ2n) is 7.28. The maximum Gasteiger partial charge on any atom is 0.336 e. The van der Waals surface area contributed by atoms with Crippen molar-refractivity contribution in [2.45, 2.75) is 33.6 Å². The van der Waals surface area contributed by atoms with Gasteiger partial charge in [0.05, 0.1) is 30.3 Å². The minimum Gasteiger partial charge on any atom is -0.508 e. The molecule has 0 saturated heterocycles. The van der Waals surface area contributed by atoms with Gasteiger partial charge in [-0.05, 0) is 69.7 Å². The summed E-state index contributed by atoms with van der Waals surface area (Å²) in [6, 6.07) is 13.6. The summed E-state index contributed by atoms with van der Waals surface area (Å²) in [4.78, 5) is 28.2. The normalized spacial score (nSPS) is 14.6. The van der Waals surface area contributed by atoms with Crippen molar-refractivity contribution in [1.82, 2.24) is 0 Å². The van der Waals surface area contributed by atoms with E-state index in [1.165, 1.54) is 0 Å². The molecule has 0 radical (unpaired) electrons. The molecule has 0 aliphatic carbocycles. The Bertz CT molecular complexity index is 1030. The number of nitrogens with zero attached hydrogens (tertiary/aromatic N) is 1. The Morgan fingerprint density at radius 3 is 1.78 bits per heavy atom. The number of hydrogen-bond donors (Lipinski definition) is 1. The molecule has 168 valence electrons. The van der Waals surface area contributed by atoms with Crippen LogP contribution in [0.1, 0.15) is 39.2 Å². The number of phenolic OH excluding ortho intramolecular Hbond substituents is 1. The number of carbonyl (C=O) groups is 2. The Morgan fingerprint density at radius 1 is 0.875 bits per heavy atom. The zero-order chi connectivity index (χ0) is 23.4. The lowest BCUT2D eigenvalue weighted by Gasteiger charge is -2.38. The monoisotopic (exact) mass is 455 g/mol. The van der Waals surface area contributed by atoms with Gasteiger partial charge in [0.25, 0.3) is 0 Å². The summed E-state index contributed by atoms with van der Waals surface area (Å²) < 4.78 is 10.8. The summed E-state index contributed by atoms with van der Waals surface area (Å²) in [6.45, 7) is 7.48. The van der Waals surface area contributed by atoms with E-state index in [9.17, 15) is 14.7 Å². The van der Waals surface area contributed by atoms with Crippen LogP contribution >= 0.6 is 11.6 Å². The molecule has 1 heterocycles. The highest BCUT2D eigenvalue weighted by molar-refractivity contribution is 6.30. The van der Waals surface area contributed by atoms with Gasteiger partial charge in [0.2, 0.25) is 0 Å². The largest absolute Gasteiger partial charge is 0.508 e. The van der Waals surface area contributed by atoms with Crippen LogP contribution in [0.3, 0.4) is 0 Å². The topological polar surface area (TPSA) is 76.1 Å². The van der Waals surface area contributed by atoms with Gasteiger partial charge in [0, 0.05) is 22.1 Å². The molecule has 0 bridgehead atoms. The van der Waals surface area contributed by atoms with Gasteiger partial charge >= 0.3 is 11.9 Å². The molecule has 2 aromatic rings. The molecule has 0 atom stereocenters. The number of allylic oxidation sites excluding steroid dienone is 2. The summed E-state index contributed by atoms with van der Waals surface area (Å²) in [5.74, 6) is -1.59. The molecule has 0 aromatic heterocycles. The molecule has 0 amide bonds. The third kappa shape index (κ3) is 4.50. The van der Waals surface area contributed by atoms with Crippen LogP contribution in [-0.4, -0.2) is 30.3 Å². The molecular formula is C25H26ClNO5. The summed E-state index contributed by atoms with van der Waals surface area (Å²) in [7, 11) is 0. The fourth-order valence-corrected chi connectivity index (χ4v) is 4.11. The van der Waals surface area contributed by atoms with Crippen LogP contribution in [0.2, 0.25) is 5.02 Å². The third-order valence-electron chi connectivity index (χ3n) is 5.33. The predicted octanol–water partition coefficient (Wildman–Crippen LogP) is 5.32. The molecule has 1 aliphatic rings.